The van der Waals surface area contributed by atoms with Crippen LogP contribution in [0.5, 0.6) is 11.5 Å². The van der Waals surface area contributed by atoms with Crippen molar-refractivity contribution in [1.82, 2.24) is 0 Å². The number of hydrogen-bond donors (Lipinski definition) is 1. The Balaban J connectivity index is 1.44. The van der Waals surface area contributed by atoms with Crippen LogP contribution in [-0.2, 0) is 9.59 Å². The lowest BCUT2D eigenvalue weighted by Gasteiger charge is -2.17. The molecular weight excluding hydrogens is 412 g/mol. The van der Waals surface area contributed by atoms with Crippen LogP contribution in [0.2, 0.25) is 0 Å². The number of rotatable bonds is 3. The average Bonchev–Trinajstić information content (AvgIpc) is 2.90. The van der Waals surface area contributed by atoms with Crippen LogP contribution in [0.15, 0.2) is 46.9 Å². The maximum Gasteiger partial charge on any atom is 0.229 e. The van der Waals surface area contributed by atoms with Gasteiger partial charge in [0.15, 0.2) is 11.5 Å². The first kappa shape index (κ1) is 17.9. The van der Waals surface area contributed by atoms with Gasteiger partial charge in [-0.15, -0.1) is 0 Å². The van der Waals surface area contributed by atoms with Gasteiger partial charge in [-0.25, -0.2) is 0 Å². The highest BCUT2D eigenvalue weighted by Crippen LogP contribution is 2.33. The van der Waals surface area contributed by atoms with E-state index in [-0.39, 0.29) is 18.2 Å². The van der Waals surface area contributed by atoms with Gasteiger partial charge in [0.1, 0.15) is 0 Å². The maximum absolute atomic E-state index is 12.7. The Labute approximate surface area is 165 Å². The first-order valence-electron chi connectivity index (χ1n) is 8.86. The highest BCUT2D eigenvalue weighted by molar-refractivity contribution is 9.10. The van der Waals surface area contributed by atoms with E-state index in [2.05, 4.69) is 21.2 Å². The lowest BCUT2D eigenvalue weighted by Crippen LogP contribution is -2.28. The molecule has 1 saturated heterocycles. The van der Waals surface area contributed by atoms with Gasteiger partial charge in [0.05, 0.1) is 19.1 Å². The van der Waals surface area contributed by atoms with Crippen molar-refractivity contribution >= 4 is 39.1 Å². The second-order valence-electron chi connectivity index (χ2n) is 6.58. The van der Waals surface area contributed by atoms with Crippen molar-refractivity contribution in [3.8, 4) is 11.5 Å². The van der Waals surface area contributed by atoms with E-state index in [1.54, 1.807) is 23.1 Å². The minimum absolute atomic E-state index is 0.0452. The van der Waals surface area contributed by atoms with Crippen LogP contribution in [-0.4, -0.2) is 31.6 Å². The van der Waals surface area contributed by atoms with Gasteiger partial charge >= 0.3 is 0 Å². The number of nitrogens with one attached hydrogen (secondary N) is 1. The Morgan fingerprint density at radius 3 is 2.59 bits per heavy atom. The van der Waals surface area contributed by atoms with E-state index in [0.29, 0.717) is 36.9 Å². The molecule has 2 aliphatic heterocycles. The van der Waals surface area contributed by atoms with Gasteiger partial charge in [-0.3, -0.25) is 9.59 Å². The van der Waals surface area contributed by atoms with E-state index in [4.69, 9.17) is 9.47 Å². The van der Waals surface area contributed by atoms with Crippen LogP contribution in [0.1, 0.15) is 12.8 Å². The molecule has 0 aliphatic carbocycles. The van der Waals surface area contributed by atoms with E-state index >= 15 is 0 Å². The zero-order chi connectivity index (χ0) is 18.8. The number of ether oxygens (including phenoxy) is 2. The molecule has 0 bridgehead atoms. The Morgan fingerprint density at radius 2 is 1.81 bits per heavy atom. The first-order chi connectivity index (χ1) is 13.1. The van der Waals surface area contributed by atoms with Crippen LogP contribution in [0, 0.1) is 5.92 Å². The molecule has 2 aliphatic rings. The standard InChI is InChI=1S/C20H19BrN2O4/c21-14-2-5-16(6-3-14)23-12-13(10-19(23)24)20(25)22-15-4-7-17-18(11-15)27-9-1-8-26-17/h2-7,11,13H,1,8-10,12H2,(H,22,25)/t13-/m0/s1. The van der Waals surface area contributed by atoms with Crippen molar-refractivity contribution in [2.24, 2.45) is 5.92 Å². The molecule has 2 aromatic rings. The van der Waals surface area contributed by atoms with E-state index in [1.807, 2.05) is 24.3 Å². The fourth-order valence-corrected chi connectivity index (χ4v) is 3.50. The van der Waals surface area contributed by atoms with Gasteiger partial charge in [-0.1, -0.05) is 15.9 Å². The second kappa shape index (κ2) is 7.60. The van der Waals surface area contributed by atoms with Gasteiger partial charge in [-0.05, 0) is 36.4 Å². The first-order valence-corrected chi connectivity index (χ1v) is 9.66. The van der Waals surface area contributed by atoms with Gasteiger partial charge in [0.25, 0.3) is 0 Å². The van der Waals surface area contributed by atoms with Crippen molar-refractivity contribution < 1.29 is 19.1 Å². The summed E-state index contributed by atoms with van der Waals surface area (Å²) in [5, 5.41) is 2.90. The van der Waals surface area contributed by atoms with Crippen molar-refractivity contribution in [2.75, 3.05) is 30.0 Å². The molecule has 1 N–H and O–H groups in total. The molecule has 6 nitrogen and oxygen atoms in total. The predicted octanol–water partition coefficient (Wildman–Crippen LogP) is 3.60. The molecule has 2 heterocycles. The van der Waals surface area contributed by atoms with Crippen molar-refractivity contribution in [2.45, 2.75) is 12.8 Å². The fourth-order valence-electron chi connectivity index (χ4n) is 3.24. The Morgan fingerprint density at radius 1 is 1.07 bits per heavy atom. The smallest absolute Gasteiger partial charge is 0.229 e. The molecular formula is C20H19BrN2O4. The molecule has 27 heavy (non-hydrogen) atoms. The van der Waals surface area contributed by atoms with E-state index in [0.717, 1.165) is 16.6 Å². The molecule has 140 valence electrons. The van der Waals surface area contributed by atoms with Gasteiger partial charge in [-0.2, -0.15) is 0 Å². The van der Waals surface area contributed by atoms with E-state index in [9.17, 15) is 9.59 Å². The Kier molecular flexibility index (Phi) is 5.03. The summed E-state index contributed by atoms with van der Waals surface area (Å²) in [5.41, 5.74) is 1.44. The summed E-state index contributed by atoms with van der Waals surface area (Å²) in [5.74, 6) is 0.706. The third-order valence-electron chi connectivity index (χ3n) is 4.65. The predicted molar refractivity (Wildman–Crippen MR) is 105 cm³/mol. The normalized spacial score (nSPS) is 18.9. The summed E-state index contributed by atoms with van der Waals surface area (Å²) in [6.45, 7) is 1.58. The largest absolute Gasteiger partial charge is 0.490 e. The molecule has 2 aromatic carbocycles. The van der Waals surface area contributed by atoms with Crippen molar-refractivity contribution in [3.63, 3.8) is 0 Å². The number of hydrogen-bond acceptors (Lipinski definition) is 4. The molecule has 0 aromatic heterocycles. The number of carbonyl (C=O) groups excluding carboxylic acids is 2. The van der Waals surface area contributed by atoms with Crippen molar-refractivity contribution in [3.05, 3.63) is 46.9 Å². The highest BCUT2D eigenvalue weighted by atomic mass is 79.9. The highest BCUT2D eigenvalue weighted by Gasteiger charge is 2.35. The maximum atomic E-state index is 12.7. The third-order valence-corrected chi connectivity index (χ3v) is 5.18. The van der Waals surface area contributed by atoms with Crippen LogP contribution < -0.4 is 19.7 Å². The minimum atomic E-state index is -0.392. The summed E-state index contributed by atoms with van der Waals surface area (Å²) in [4.78, 5) is 26.7. The third kappa shape index (κ3) is 3.93. The molecule has 0 saturated carbocycles. The monoisotopic (exact) mass is 430 g/mol. The van der Waals surface area contributed by atoms with Gasteiger partial charge in [0, 0.05) is 41.3 Å². The van der Waals surface area contributed by atoms with Crippen LogP contribution in [0.4, 0.5) is 11.4 Å². The lowest BCUT2D eigenvalue weighted by molar-refractivity contribution is -0.122. The number of fused-ring (bicyclic) bond motifs is 1. The summed E-state index contributed by atoms with van der Waals surface area (Å²) >= 11 is 3.39. The average molecular weight is 431 g/mol. The SMILES string of the molecule is O=C(Nc1ccc2c(c1)OCCCO2)[C@H]1CC(=O)N(c2ccc(Br)cc2)C1. The molecule has 1 fully saturated rings. The molecule has 4 rings (SSSR count). The quantitative estimate of drug-likeness (QED) is 0.807. The number of amides is 2. The number of halogens is 1. The topological polar surface area (TPSA) is 67.9 Å². The van der Waals surface area contributed by atoms with E-state index in [1.165, 1.54) is 0 Å². The van der Waals surface area contributed by atoms with Gasteiger partial charge < -0.3 is 19.7 Å². The fraction of sp³-hybridized carbons (Fsp3) is 0.300. The summed E-state index contributed by atoms with van der Waals surface area (Å²) in [6.07, 6.45) is 1.03. The molecule has 0 spiro atoms. The molecule has 0 radical (unpaired) electrons. The molecule has 0 unspecified atom stereocenters. The zero-order valence-electron chi connectivity index (χ0n) is 14.6. The summed E-state index contributed by atoms with van der Waals surface area (Å²) in [6, 6.07) is 12.8. The van der Waals surface area contributed by atoms with Crippen LogP contribution in [0.3, 0.4) is 0 Å². The molecule has 2 amide bonds. The lowest BCUT2D eigenvalue weighted by atomic mass is 10.1. The minimum Gasteiger partial charge on any atom is -0.490 e. The molecule has 1 atom stereocenters. The van der Waals surface area contributed by atoms with Gasteiger partial charge in [0.2, 0.25) is 11.8 Å². The number of nitrogens with zero attached hydrogens (tertiary/aromatic N) is 1. The molecule has 7 heteroatoms. The van der Waals surface area contributed by atoms with Crippen LogP contribution >= 0.6 is 15.9 Å². The summed E-state index contributed by atoms with van der Waals surface area (Å²) < 4.78 is 12.2. The number of anilines is 2. The Bertz CT molecular complexity index is 869. The number of carbonyl (C=O) groups is 2. The van der Waals surface area contributed by atoms with E-state index < -0.39 is 5.92 Å². The number of benzene rings is 2. The summed E-state index contributed by atoms with van der Waals surface area (Å²) in [7, 11) is 0. The van der Waals surface area contributed by atoms with Crippen molar-refractivity contribution in [1.29, 1.82) is 0 Å². The zero-order valence-corrected chi connectivity index (χ0v) is 16.2. The van der Waals surface area contributed by atoms with Crippen LogP contribution in [0.25, 0.3) is 0 Å². The Hall–Kier alpha value is -2.54. The second-order valence-corrected chi connectivity index (χ2v) is 7.50.